The van der Waals surface area contributed by atoms with Crippen LogP contribution in [0.5, 0.6) is 5.75 Å². The van der Waals surface area contributed by atoms with Gasteiger partial charge in [-0.25, -0.2) is 8.78 Å². The fourth-order valence-corrected chi connectivity index (χ4v) is 5.69. The van der Waals surface area contributed by atoms with E-state index >= 15 is 4.39 Å². The fraction of sp³-hybridized carbons (Fsp3) is 0.455. The van der Waals surface area contributed by atoms with Crippen molar-refractivity contribution in [3.8, 4) is 28.0 Å². The summed E-state index contributed by atoms with van der Waals surface area (Å²) in [5.74, 6) is -1.01. The van der Waals surface area contributed by atoms with Crippen molar-refractivity contribution in [1.82, 2.24) is 0 Å². The highest BCUT2D eigenvalue weighted by Gasteiger charge is 2.23. The predicted molar refractivity (Wildman–Crippen MR) is 146 cm³/mol. The molecule has 0 aromatic heterocycles. The van der Waals surface area contributed by atoms with E-state index in [9.17, 15) is 8.78 Å². The molecule has 0 atom stereocenters. The standard InChI is InChI=1S/C33H39F3O/c1-3-5-6-7-8-9-23-10-12-24(13-11-23)27-18-19-28(30(34)22-27)25-14-16-26(17-15-25)29-20-21-31(37-4-2)33(36)32(29)35/h14-24H,3-13H2,1-2H3. The lowest BCUT2D eigenvalue weighted by molar-refractivity contribution is 0.301. The summed E-state index contributed by atoms with van der Waals surface area (Å²) in [6.45, 7) is 4.23. The Morgan fingerprint density at radius 3 is 2.00 bits per heavy atom. The fourth-order valence-electron chi connectivity index (χ4n) is 5.69. The second-order valence-electron chi connectivity index (χ2n) is 10.4. The predicted octanol–water partition coefficient (Wildman–Crippen LogP) is 10.5. The maximum atomic E-state index is 15.2. The summed E-state index contributed by atoms with van der Waals surface area (Å²) in [4.78, 5) is 0. The van der Waals surface area contributed by atoms with E-state index in [1.54, 1.807) is 37.3 Å². The Hall–Kier alpha value is -2.75. The van der Waals surface area contributed by atoms with Crippen LogP contribution in [0.1, 0.15) is 89.5 Å². The van der Waals surface area contributed by atoms with Gasteiger partial charge < -0.3 is 4.74 Å². The first kappa shape index (κ1) is 27.3. The molecule has 0 amide bonds. The molecule has 1 aliphatic rings. The normalized spacial score (nSPS) is 17.6. The van der Waals surface area contributed by atoms with E-state index in [4.69, 9.17) is 4.74 Å². The van der Waals surface area contributed by atoms with Gasteiger partial charge in [-0.2, -0.15) is 4.39 Å². The highest BCUT2D eigenvalue weighted by Crippen LogP contribution is 2.39. The summed E-state index contributed by atoms with van der Waals surface area (Å²) in [7, 11) is 0. The lowest BCUT2D eigenvalue weighted by Gasteiger charge is -2.29. The number of benzene rings is 3. The molecule has 3 aromatic carbocycles. The monoisotopic (exact) mass is 508 g/mol. The second kappa shape index (κ2) is 13.2. The molecule has 0 spiro atoms. The van der Waals surface area contributed by atoms with Crippen LogP contribution in [-0.2, 0) is 0 Å². The van der Waals surface area contributed by atoms with E-state index < -0.39 is 11.6 Å². The molecule has 1 fully saturated rings. The molecule has 3 aromatic rings. The number of halogens is 3. The third kappa shape index (κ3) is 6.77. The Morgan fingerprint density at radius 2 is 1.35 bits per heavy atom. The van der Waals surface area contributed by atoms with Crippen LogP contribution in [0.2, 0.25) is 0 Å². The van der Waals surface area contributed by atoms with Gasteiger partial charge in [0, 0.05) is 11.1 Å². The largest absolute Gasteiger partial charge is 0.491 e. The summed E-state index contributed by atoms with van der Waals surface area (Å²) in [5, 5.41) is 0. The topological polar surface area (TPSA) is 9.23 Å². The summed E-state index contributed by atoms with van der Waals surface area (Å²) in [5.41, 5.74) is 3.01. The number of hydrogen-bond acceptors (Lipinski definition) is 1. The van der Waals surface area contributed by atoms with Gasteiger partial charge >= 0.3 is 0 Å². The minimum atomic E-state index is -0.994. The number of ether oxygens (including phenoxy) is 1. The Labute approximate surface area is 220 Å². The zero-order chi connectivity index (χ0) is 26.2. The Balaban J connectivity index is 1.38. The molecule has 0 aliphatic heterocycles. The average Bonchev–Trinajstić information content (AvgIpc) is 2.92. The van der Waals surface area contributed by atoms with Crippen LogP contribution >= 0.6 is 0 Å². The van der Waals surface area contributed by atoms with Crippen LogP contribution in [0, 0.1) is 23.4 Å². The molecule has 4 heteroatoms. The van der Waals surface area contributed by atoms with Gasteiger partial charge in [0.25, 0.3) is 0 Å². The van der Waals surface area contributed by atoms with Crippen molar-refractivity contribution in [1.29, 1.82) is 0 Å². The molecule has 0 unspecified atom stereocenters. The highest BCUT2D eigenvalue weighted by atomic mass is 19.2. The van der Waals surface area contributed by atoms with Gasteiger partial charge in [0.1, 0.15) is 5.82 Å². The van der Waals surface area contributed by atoms with Gasteiger partial charge in [0.2, 0.25) is 5.82 Å². The quantitative estimate of drug-likeness (QED) is 0.234. The highest BCUT2D eigenvalue weighted by molar-refractivity contribution is 5.71. The summed E-state index contributed by atoms with van der Waals surface area (Å²) < 4.78 is 49.2. The second-order valence-corrected chi connectivity index (χ2v) is 10.4. The molecule has 1 saturated carbocycles. The van der Waals surface area contributed by atoms with Crippen molar-refractivity contribution < 1.29 is 17.9 Å². The number of unbranched alkanes of at least 4 members (excludes halogenated alkanes) is 4. The molecule has 0 saturated heterocycles. The molecule has 0 heterocycles. The van der Waals surface area contributed by atoms with E-state index in [-0.39, 0.29) is 23.7 Å². The van der Waals surface area contributed by atoms with E-state index in [2.05, 4.69) is 13.0 Å². The first-order valence-electron chi connectivity index (χ1n) is 14.0. The van der Waals surface area contributed by atoms with Gasteiger partial charge in [0.05, 0.1) is 6.61 Å². The van der Waals surface area contributed by atoms with Crippen LogP contribution in [0.4, 0.5) is 13.2 Å². The molecule has 4 rings (SSSR count). The van der Waals surface area contributed by atoms with E-state index in [1.165, 1.54) is 63.5 Å². The van der Waals surface area contributed by atoms with Gasteiger partial charge in [-0.05, 0) is 79.3 Å². The first-order chi connectivity index (χ1) is 18.0. The minimum absolute atomic E-state index is 0.0987. The molecule has 1 aliphatic carbocycles. The van der Waals surface area contributed by atoms with Crippen molar-refractivity contribution in [2.75, 3.05) is 6.61 Å². The Bertz CT molecular complexity index is 1150. The van der Waals surface area contributed by atoms with Crippen LogP contribution < -0.4 is 4.74 Å². The molecule has 1 nitrogen and oxygen atoms in total. The number of hydrogen-bond donors (Lipinski definition) is 0. The summed E-state index contributed by atoms with van der Waals surface area (Å²) >= 11 is 0. The molecule has 0 bridgehead atoms. The van der Waals surface area contributed by atoms with Crippen molar-refractivity contribution in [3.05, 3.63) is 77.6 Å². The summed E-state index contributed by atoms with van der Waals surface area (Å²) in [6, 6.07) is 15.5. The smallest absolute Gasteiger partial charge is 0.201 e. The molecule has 0 N–H and O–H groups in total. The zero-order valence-electron chi connectivity index (χ0n) is 22.2. The third-order valence-corrected chi connectivity index (χ3v) is 7.88. The molecule has 0 radical (unpaired) electrons. The van der Waals surface area contributed by atoms with Crippen LogP contribution in [0.3, 0.4) is 0 Å². The molecule has 37 heavy (non-hydrogen) atoms. The van der Waals surface area contributed by atoms with Crippen LogP contribution in [-0.4, -0.2) is 6.61 Å². The van der Waals surface area contributed by atoms with Gasteiger partial charge in [0.15, 0.2) is 11.6 Å². The Kier molecular flexibility index (Phi) is 9.71. The van der Waals surface area contributed by atoms with Crippen LogP contribution in [0.15, 0.2) is 54.6 Å². The van der Waals surface area contributed by atoms with Crippen molar-refractivity contribution in [2.24, 2.45) is 5.92 Å². The lowest BCUT2D eigenvalue weighted by Crippen LogP contribution is -2.13. The van der Waals surface area contributed by atoms with Crippen molar-refractivity contribution in [2.45, 2.75) is 84.0 Å². The van der Waals surface area contributed by atoms with Crippen molar-refractivity contribution >= 4 is 0 Å². The van der Waals surface area contributed by atoms with Crippen LogP contribution in [0.25, 0.3) is 22.3 Å². The molecule has 198 valence electrons. The van der Waals surface area contributed by atoms with Gasteiger partial charge in [-0.3, -0.25) is 0 Å². The SMILES string of the molecule is CCCCCCCC1CCC(c2ccc(-c3ccc(-c4ccc(OCC)c(F)c4F)cc3)c(F)c2)CC1. The van der Waals surface area contributed by atoms with Gasteiger partial charge in [-0.1, -0.05) is 81.8 Å². The summed E-state index contributed by atoms with van der Waals surface area (Å²) in [6.07, 6.45) is 12.8. The number of rotatable bonds is 11. The van der Waals surface area contributed by atoms with Gasteiger partial charge in [-0.15, -0.1) is 0 Å². The zero-order valence-corrected chi connectivity index (χ0v) is 22.2. The van der Waals surface area contributed by atoms with E-state index in [1.807, 2.05) is 6.07 Å². The van der Waals surface area contributed by atoms with Crippen molar-refractivity contribution in [3.63, 3.8) is 0 Å². The Morgan fingerprint density at radius 1 is 0.703 bits per heavy atom. The maximum Gasteiger partial charge on any atom is 0.201 e. The van der Waals surface area contributed by atoms with E-state index in [0.29, 0.717) is 22.6 Å². The third-order valence-electron chi connectivity index (χ3n) is 7.88. The van der Waals surface area contributed by atoms with E-state index in [0.717, 1.165) is 24.3 Å². The molecular weight excluding hydrogens is 469 g/mol. The molecular formula is C33H39F3O. The lowest BCUT2D eigenvalue weighted by atomic mass is 9.77. The average molecular weight is 509 g/mol. The maximum absolute atomic E-state index is 15.2. The first-order valence-corrected chi connectivity index (χ1v) is 14.0. The minimum Gasteiger partial charge on any atom is -0.491 e.